The maximum Gasteiger partial charge on any atom is 0.348 e. The van der Waals surface area contributed by atoms with Gasteiger partial charge in [-0.15, -0.1) is 11.3 Å². The molecule has 90 valence electrons. The van der Waals surface area contributed by atoms with E-state index < -0.39 is 0 Å². The minimum Gasteiger partial charge on any atom is -0.465 e. The number of nitrogens with zero attached hydrogens (tertiary/aromatic N) is 1. The Kier molecular flexibility index (Phi) is 3.07. The second-order valence-electron chi connectivity index (χ2n) is 4.04. The zero-order chi connectivity index (χ0) is 12.6. The summed E-state index contributed by atoms with van der Waals surface area (Å²) in [4.78, 5) is 12.1. The first-order valence-corrected chi connectivity index (χ1v) is 6.20. The van der Waals surface area contributed by atoms with Crippen molar-refractivity contribution in [2.75, 3.05) is 7.11 Å². The summed E-state index contributed by atoms with van der Waals surface area (Å²) in [5.74, 6) is -0.271. The van der Waals surface area contributed by atoms with Crippen LogP contribution < -0.4 is 0 Å². The molecule has 0 aliphatic rings. The van der Waals surface area contributed by atoms with E-state index in [0.29, 0.717) is 4.88 Å². The van der Waals surface area contributed by atoms with Crippen molar-refractivity contribution in [1.29, 1.82) is 0 Å². The largest absolute Gasteiger partial charge is 0.465 e. The lowest BCUT2D eigenvalue weighted by molar-refractivity contribution is 0.0606. The summed E-state index contributed by atoms with van der Waals surface area (Å²) in [5.41, 5.74) is 3.44. The SMILES string of the molecule is COC(=O)c1cc(C)c(-n2c(C)ccc2C)s1. The smallest absolute Gasteiger partial charge is 0.348 e. The fourth-order valence-corrected chi connectivity index (χ4v) is 3.09. The van der Waals surface area contributed by atoms with Gasteiger partial charge >= 0.3 is 5.97 Å². The summed E-state index contributed by atoms with van der Waals surface area (Å²) in [6.07, 6.45) is 0. The van der Waals surface area contributed by atoms with E-state index in [9.17, 15) is 4.79 Å². The second kappa shape index (κ2) is 4.37. The molecule has 4 heteroatoms. The lowest BCUT2D eigenvalue weighted by Crippen LogP contribution is -1.97. The number of aryl methyl sites for hydroxylation is 3. The van der Waals surface area contributed by atoms with Crippen LogP contribution in [0.4, 0.5) is 0 Å². The molecule has 0 atom stereocenters. The van der Waals surface area contributed by atoms with Crippen molar-refractivity contribution < 1.29 is 9.53 Å². The van der Waals surface area contributed by atoms with Crippen molar-refractivity contribution in [3.63, 3.8) is 0 Å². The number of aromatic nitrogens is 1. The molecule has 2 heterocycles. The minimum atomic E-state index is -0.271. The van der Waals surface area contributed by atoms with Gasteiger partial charge in [-0.3, -0.25) is 0 Å². The van der Waals surface area contributed by atoms with E-state index in [1.807, 2.05) is 13.0 Å². The number of ether oxygens (including phenoxy) is 1. The zero-order valence-electron chi connectivity index (χ0n) is 10.4. The molecular weight excluding hydrogens is 234 g/mol. The Morgan fingerprint density at radius 3 is 2.35 bits per heavy atom. The van der Waals surface area contributed by atoms with Crippen molar-refractivity contribution in [3.05, 3.63) is 40.0 Å². The normalized spacial score (nSPS) is 10.6. The van der Waals surface area contributed by atoms with E-state index in [2.05, 4.69) is 30.5 Å². The van der Waals surface area contributed by atoms with Gasteiger partial charge in [0.25, 0.3) is 0 Å². The highest BCUT2D eigenvalue weighted by molar-refractivity contribution is 7.16. The molecule has 0 amide bonds. The Morgan fingerprint density at radius 2 is 1.82 bits per heavy atom. The highest BCUT2D eigenvalue weighted by Crippen LogP contribution is 2.29. The van der Waals surface area contributed by atoms with Crippen LogP contribution in [0.1, 0.15) is 26.6 Å². The Labute approximate surface area is 105 Å². The highest BCUT2D eigenvalue weighted by atomic mass is 32.1. The summed E-state index contributed by atoms with van der Waals surface area (Å²) in [6.45, 7) is 6.13. The zero-order valence-corrected chi connectivity index (χ0v) is 11.2. The molecule has 0 aliphatic heterocycles. The summed E-state index contributed by atoms with van der Waals surface area (Å²) in [7, 11) is 1.41. The van der Waals surface area contributed by atoms with Gasteiger partial charge in [0.2, 0.25) is 0 Å². The van der Waals surface area contributed by atoms with Gasteiger partial charge < -0.3 is 9.30 Å². The molecule has 2 aromatic heterocycles. The van der Waals surface area contributed by atoms with Crippen molar-refractivity contribution in [2.45, 2.75) is 20.8 Å². The molecule has 0 fully saturated rings. The van der Waals surface area contributed by atoms with Crippen molar-refractivity contribution >= 4 is 17.3 Å². The average molecular weight is 249 g/mol. The van der Waals surface area contributed by atoms with Crippen LogP contribution in [-0.2, 0) is 4.74 Å². The average Bonchev–Trinajstić information content (AvgIpc) is 2.82. The standard InChI is InChI=1S/C13H15NO2S/c1-8-7-11(13(15)16-4)17-12(8)14-9(2)5-6-10(14)3/h5-7H,1-4H3. The third-order valence-corrected chi connectivity index (χ3v) is 3.95. The molecule has 0 spiro atoms. The van der Waals surface area contributed by atoms with Crippen LogP contribution >= 0.6 is 11.3 Å². The Bertz CT molecular complexity index is 546. The van der Waals surface area contributed by atoms with Crippen LogP contribution in [0, 0.1) is 20.8 Å². The van der Waals surface area contributed by atoms with Gasteiger partial charge in [-0.1, -0.05) is 0 Å². The van der Waals surface area contributed by atoms with Gasteiger partial charge in [-0.2, -0.15) is 0 Å². The molecule has 0 aliphatic carbocycles. The molecule has 0 bridgehead atoms. The molecule has 0 saturated carbocycles. The number of methoxy groups -OCH3 is 1. The Morgan fingerprint density at radius 1 is 1.24 bits per heavy atom. The van der Waals surface area contributed by atoms with Crippen LogP contribution in [0.25, 0.3) is 5.00 Å². The van der Waals surface area contributed by atoms with Gasteiger partial charge in [-0.25, -0.2) is 4.79 Å². The first kappa shape index (κ1) is 11.9. The molecule has 17 heavy (non-hydrogen) atoms. The fourth-order valence-electron chi connectivity index (χ4n) is 1.88. The van der Waals surface area contributed by atoms with E-state index in [1.165, 1.54) is 29.8 Å². The fraction of sp³-hybridized carbons (Fsp3) is 0.308. The van der Waals surface area contributed by atoms with E-state index >= 15 is 0 Å². The lowest BCUT2D eigenvalue weighted by Gasteiger charge is -2.07. The van der Waals surface area contributed by atoms with Crippen molar-refractivity contribution in [3.8, 4) is 5.00 Å². The minimum absolute atomic E-state index is 0.271. The molecule has 0 aromatic carbocycles. The third kappa shape index (κ3) is 2.00. The van der Waals surface area contributed by atoms with E-state index in [1.54, 1.807) is 0 Å². The molecular formula is C13H15NO2S. The molecule has 3 nitrogen and oxygen atoms in total. The quantitative estimate of drug-likeness (QED) is 0.765. The van der Waals surface area contributed by atoms with Crippen LogP contribution in [0.15, 0.2) is 18.2 Å². The molecule has 2 rings (SSSR count). The first-order chi connectivity index (χ1) is 8.04. The molecule has 2 aromatic rings. The van der Waals surface area contributed by atoms with E-state index in [4.69, 9.17) is 4.74 Å². The Balaban J connectivity index is 2.54. The van der Waals surface area contributed by atoms with Gasteiger partial charge in [0, 0.05) is 11.4 Å². The Hall–Kier alpha value is -1.55. The first-order valence-electron chi connectivity index (χ1n) is 5.38. The second-order valence-corrected chi connectivity index (χ2v) is 5.07. The van der Waals surface area contributed by atoms with Crippen LogP contribution in [0.5, 0.6) is 0 Å². The maximum atomic E-state index is 11.5. The van der Waals surface area contributed by atoms with Crippen LogP contribution in [-0.4, -0.2) is 17.6 Å². The monoisotopic (exact) mass is 249 g/mol. The van der Waals surface area contributed by atoms with Gasteiger partial charge in [0.15, 0.2) is 0 Å². The third-order valence-electron chi connectivity index (χ3n) is 2.75. The van der Waals surface area contributed by atoms with Crippen LogP contribution in [0.2, 0.25) is 0 Å². The van der Waals surface area contributed by atoms with E-state index in [-0.39, 0.29) is 5.97 Å². The van der Waals surface area contributed by atoms with Crippen molar-refractivity contribution in [2.24, 2.45) is 0 Å². The van der Waals surface area contributed by atoms with E-state index in [0.717, 1.165) is 10.6 Å². The predicted octanol–water partition coefficient (Wildman–Crippen LogP) is 3.25. The molecule has 0 saturated heterocycles. The molecule has 0 radical (unpaired) electrons. The predicted molar refractivity (Wildman–Crippen MR) is 69.2 cm³/mol. The van der Waals surface area contributed by atoms with Crippen LogP contribution in [0.3, 0.4) is 0 Å². The summed E-state index contributed by atoms with van der Waals surface area (Å²) in [5, 5.41) is 1.09. The summed E-state index contributed by atoms with van der Waals surface area (Å²) < 4.78 is 6.90. The summed E-state index contributed by atoms with van der Waals surface area (Å²) >= 11 is 1.47. The number of hydrogen-bond donors (Lipinski definition) is 0. The van der Waals surface area contributed by atoms with Crippen molar-refractivity contribution in [1.82, 2.24) is 4.57 Å². The molecule has 0 unspecified atom stereocenters. The highest BCUT2D eigenvalue weighted by Gasteiger charge is 2.15. The maximum absolute atomic E-state index is 11.5. The van der Waals surface area contributed by atoms with Gasteiger partial charge in [0.05, 0.1) is 7.11 Å². The molecule has 0 N–H and O–H groups in total. The number of carbonyl (C=O) groups excluding carboxylic acids is 1. The van der Waals surface area contributed by atoms with Gasteiger partial charge in [0.1, 0.15) is 9.88 Å². The van der Waals surface area contributed by atoms with Gasteiger partial charge in [-0.05, 0) is 44.5 Å². The number of carbonyl (C=O) groups is 1. The summed E-state index contributed by atoms with van der Waals surface area (Å²) in [6, 6.07) is 6.03. The lowest BCUT2D eigenvalue weighted by atomic mass is 10.3. The number of thiophene rings is 1. The topological polar surface area (TPSA) is 31.2 Å². The number of esters is 1. The number of hydrogen-bond acceptors (Lipinski definition) is 3. The number of rotatable bonds is 2.